The summed E-state index contributed by atoms with van der Waals surface area (Å²) in [5, 5.41) is 0. The lowest BCUT2D eigenvalue weighted by Gasteiger charge is -2.11. The van der Waals surface area contributed by atoms with Crippen molar-refractivity contribution in [3.05, 3.63) is 6.92 Å². The summed E-state index contributed by atoms with van der Waals surface area (Å²) in [5.74, 6) is 0. The SMILES string of the molecule is [CH2]CCCCC1CCCCOO1. The highest BCUT2D eigenvalue weighted by atomic mass is 17.2. The standard InChI is InChI=1S/C10H19O2/c1-2-3-4-7-10-8-5-6-9-11-12-10/h10H,1-9H2. The molecule has 0 aromatic rings. The number of unbranched alkanes of at least 4 members (excludes halogenated alkanes) is 2. The van der Waals surface area contributed by atoms with Gasteiger partial charge in [-0.25, -0.2) is 9.78 Å². The highest BCUT2D eigenvalue weighted by molar-refractivity contribution is 4.59. The average molecular weight is 171 g/mol. The molecule has 2 nitrogen and oxygen atoms in total. The van der Waals surface area contributed by atoms with Gasteiger partial charge in [-0.3, -0.25) is 0 Å². The van der Waals surface area contributed by atoms with Gasteiger partial charge in [-0.1, -0.05) is 26.2 Å². The van der Waals surface area contributed by atoms with Crippen LogP contribution >= 0.6 is 0 Å². The average Bonchev–Trinajstić information content (AvgIpc) is 2.33. The van der Waals surface area contributed by atoms with Gasteiger partial charge in [0.15, 0.2) is 0 Å². The summed E-state index contributed by atoms with van der Waals surface area (Å²) in [7, 11) is 0. The Balaban J connectivity index is 2.04. The second-order valence-corrected chi connectivity index (χ2v) is 3.39. The Hall–Kier alpha value is -0.0800. The monoisotopic (exact) mass is 171 g/mol. The summed E-state index contributed by atoms with van der Waals surface area (Å²) in [4.78, 5) is 10.3. The quantitative estimate of drug-likeness (QED) is 0.478. The summed E-state index contributed by atoms with van der Waals surface area (Å²) < 4.78 is 0. The molecule has 1 unspecified atom stereocenters. The number of hydrogen-bond acceptors (Lipinski definition) is 2. The smallest absolute Gasteiger partial charge is 0.0930 e. The number of hydrogen-bond donors (Lipinski definition) is 0. The topological polar surface area (TPSA) is 18.5 Å². The lowest BCUT2D eigenvalue weighted by molar-refractivity contribution is -0.318. The van der Waals surface area contributed by atoms with Crippen molar-refractivity contribution in [3.63, 3.8) is 0 Å². The third-order valence-corrected chi connectivity index (χ3v) is 2.23. The van der Waals surface area contributed by atoms with E-state index in [2.05, 4.69) is 6.92 Å². The van der Waals surface area contributed by atoms with Crippen molar-refractivity contribution in [2.45, 2.75) is 51.0 Å². The van der Waals surface area contributed by atoms with Crippen LogP contribution in [0.15, 0.2) is 0 Å². The van der Waals surface area contributed by atoms with Gasteiger partial charge in [0.05, 0.1) is 12.7 Å². The van der Waals surface area contributed by atoms with Crippen LogP contribution < -0.4 is 0 Å². The van der Waals surface area contributed by atoms with Crippen LogP contribution in [0.25, 0.3) is 0 Å². The maximum atomic E-state index is 5.23. The molecule has 71 valence electrons. The minimum Gasteiger partial charge on any atom is -0.236 e. The van der Waals surface area contributed by atoms with Gasteiger partial charge in [-0.2, -0.15) is 0 Å². The molecule has 1 radical (unpaired) electrons. The van der Waals surface area contributed by atoms with Gasteiger partial charge < -0.3 is 0 Å². The van der Waals surface area contributed by atoms with Crippen molar-refractivity contribution < 1.29 is 9.78 Å². The Morgan fingerprint density at radius 1 is 1.25 bits per heavy atom. The van der Waals surface area contributed by atoms with Gasteiger partial charge in [-0.05, 0) is 25.7 Å². The van der Waals surface area contributed by atoms with Crippen molar-refractivity contribution in [2.75, 3.05) is 6.61 Å². The molecular formula is C10H19O2. The van der Waals surface area contributed by atoms with Crippen LogP contribution in [0, 0.1) is 6.92 Å². The molecule has 1 heterocycles. The maximum Gasteiger partial charge on any atom is 0.0930 e. The molecule has 2 heteroatoms. The summed E-state index contributed by atoms with van der Waals surface area (Å²) in [5.41, 5.74) is 0. The lowest BCUT2D eigenvalue weighted by Crippen LogP contribution is -2.10. The minimum absolute atomic E-state index is 0.346. The molecule has 0 aromatic heterocycles. The van der Waals surface area contributed by atoms with Crippen molar-refractivity contribution in [1.29, 1.82) is 0 Å². The molecule has 1 saturated heterocycles. The largest absolute Gasteiger partial charge is 0.236 e. The fourth-order valence-corrected chi connectivity index (χ4v) is 1.47. The van der Waals surface area contributed by atoms with E-state index in [0.29, 0.717) is 6.10 Å². The van der Waals surface area contributed by atoms with Crippen LogP contribution in [0.2, 0.25) is 0 Å². The Labute approximate surface area is 75.2 Å². The highest BCUT2D eigenvalue weighted by Crippen LogP contribution is 2.16. The molecule has 0 amide bonds. The molecule has 0 aromatic carbocycles. The zero-order valence-corrected chi connectivity index (χ0v) is 7.76. The molecule has 1 aliphatic heterocycles. The van der Waals surface area contributed by atoms with Gasteiger partial charge in [0.2, 0.25) is 0 Å². The molecule has 0 saturated carbocycles. The van der Waals surface area contributed by atoms with Gasteiger partial charge >= 0.3 is 0 Å². The van der Waals surface area contributed by atoms with E-state index >= 15 is 0 Å². The van der Waals surface area contributed by atoms with Crippen LogP contribution in [-0.2, 0) is 9.78 Å². The third kappa shape index (κ3) is 4.07. The predicted molar refractivity (Wildman–Crippen MR) is 48.5 cm³/mol. The molecule has 12 heavy (non-hydrogen) atoms. The zero-order chi connectivity index (χ0) is 8.65. The van der Waals surface area contributed by atoms with E-state index in [9.17, 15) is 0 Å². The molecule has 0 aliphatic carbocycles. The first-order valence-electron chi connectivity index (χ1n) is 5.01. The van der Waals surface area contributed by atoms with Crippen LogP contribution in [-0.4, -0.2) is 12.7 Å². The fraction of sp³-hybridized carbons (Fsp3) is 0.900. The van der Waals surface area contributed by atoms with Gasteiger partial charge in [0, 0.05) is 0 Å². The summed E-state index contributed by atoms with van der Waals surface area (Å²) in [6.07, 6.45) is 8.50. The van der Waals surface area contributed by atoms with E-state index in [1.165, 1.54) is 19.3 Å². The first kappa shape index (κ1) is 10.0. The Bertz CT molecular complexity index is 96.0. The van der Waals surface area contributed by atoms with E-state index in [1.54, 1.807) is 0 Å². The molecule has 0 bridgehead atoms. The van der Waals surface area contributed by atoms with Gasteiger partial charge in [-0.15, -0.1) is 0 Å². The van der Waals surface area contributed by atoms with Crippen molar-refractivity contribution in [1.82, 2.24) is 0 Å². The van der Waals surface area contributed by atoms with Crippen LogP contribution in [0.5, 0.6) is 0 Å². The molecular weight excluding hydrogens is 152 g/mol. The lowest BCUT2D eigenvalue weighted by atomic mass is 10.1. The third-order valence-electron chi connectivity index (χ3n) is 2.23. The van der Waals surface area contributed by atoms with E-state index < -0.39 is 0 Å². The highest BCUT2D eigenvalue weighted by Gasteiger charge is 2.12. The zero-order valence-electron chi connectivity index (χ0n) is 7.76. The normalized spacial score (nSPS) is 25.2. The van der Waals surface area contributed by atoms with Crippen molar-refractivity contribution in [3.8, 4) is 0 Å². The van der Waals surface area contributed by atoms with E-state index in [1.807, 2.05) is 0 Å². The molecule has 0 N–H and O–H groups in total. The van der Waals surface area contributed by atoms with Crippen molar-refractivity contribution >= 4 is 0 Å². The number of rotatable bonds is 4. The van der Waals surface area contributed by atoms with Crippen LogP contribution in [0.1, 0.15) is 44.9 Å². The molecule has 0 spiro atoms. The second kappa shape index (κ2) is 6.44. The fourth-order valence-electron chi connectivity index (χ4n) is 1.47. The second-order valence-electron chi connectivity index (χ2n) is 3.39. The summed E-state index contributed by atoms with van der Waals surface area (Å²) in [6.45, 7) is 4.58. The molecule has 1 rings (SSSR count). The van der Waals surface area contributed by atoms with Crippen LogP contribution in [0.4, 0.5) is 0 Å². The van der Waals surface area contributed by atoms with Gasteiger partial charge in [0.1, 0.15) is 0 Å². The maximum absolute atomic E-state index is 5.23. The molecule has 1 aliphatic rings. The van der Waals surface area contributed by atoms with E-state index in [0.717, 1.165) is 32.3 Å². The molecule has 1 atom stereocenters. The predicted octanol–water partition coefficient (Wildman–Crippen LogP) is 2.88. The molecule has 1 fully saturated rings. The first-order valence-corrected chi connectivity index (χ1v) is 5.01. The van der Waals surface area contributed by atoms with Gasteiger partial charge in [0.25, 0.3) is 0 Å². The Morgan fingerprint density at radius 3 is 3.00 bits per heavy atom. The minimum atomic E-state index is 0.346. The van der Waals surface area contributed by atoms with Crippen molar-refractivity contribution in [2.24, 2.45) is 0 Å². The summed E-state index contributed by atoms with van der Waals surface area (Å²) >= 11 is 0. The first-order chi connectivity index (χ1) is 5.93. The summed E-state index contributed by atoms with van der Waals surface area (Å²) in [6, 6.07) is 0. The van der Waals surface area contributed by atoms with Crippen LogP contribution in [0.3, 0.4) is 0 Å². The van der Waals surface area contributed by atoms with E-state index in [-0.39, 0.29) is 0 Å². The van der Waals surface area contributed by atoms with E-state index in [4.69, 9.17) is 9.78 Å². The Morgan fingerprint density at radius 2 is 2.17 bits per heavy atom. The Kier molecular flexibility index (Phi) is 5.37.